The van der Waals surface area contributed by atoms with E-state index >= 15 is 0 Å². The Bertz CT molecular complexity index is 216. The van der Waals surface area contributed by atoms with Crippen molar-refractivity contribution in [2.75, 3.05) is 33.0 Å². The highest BCUT2D eigenvalue weighted by Gasteiger charge is 2.22. The maximum absolute atomic E-state index is 10.6. The number of aliphatic carboxylic acids is 1. The molecule has 0 aromatic rings. The van der Waals surface area contributed by atoms with Crippen molar-refractivity contribution < 1.29 is 39.1 Å². The Morgan fingerprint density at radius 3 is 2.31 bits per heavy atom. The molecule has 0 spiro atoms. The van der Waals surface area contributed by atoms with Crippen molar-refractivity contribution in [3.8, 4) is 0 Å². The highest BCUT2D eigenvalue weighted by atomic mass is 16.7. The molecule has 0 aliphatic rings. The van der Waals surface area contributed by atoms with E-state index in [4.69, 9.17) is 20.1 Å². The van der Waals surface area contributed by atoms with E-state index in [-0.39, 0.29) is 26.4 Å². The Kier molecular flexibility index (Phi) is 8.35. The molecule has 3 N–H and O–H groups in total. The van der Waals surface area contributed by atoms with Gasteiger partial charge in [0.2, 0.25) is 0 Å². The summed E-state index contributed by atoms with van der Waals surface area (Å²) in [6.07, 6.45) is -1.77. The van der Waals surface area contributed by atoms with E-state index < -0.39 is 24.8 Å². The molecular formula is C8H14O8. The summed E-state index contributed by atoms with van der Waals surface area (Å²) in [6.45, 7) is -1.02. The Hall–Kier alpha value is -1.22. The van der Waals surface area contributed by atoms with Crippen LogP contribution in [0.4, 0.5) is 0 Å². The van der Waals surface area contributed by atoms with Crippen molar-refractivity contribution in [2.24, 2.45) is 0 Å². The molecule has 16 heavy (non-hydrogen) atoms. The second kappa shape index (κ2) is 9.04. The summed E-state index contributed by atoms with van der Waals surface area (Å²) in [6, 6.07) is 0. The van der Waals surface area contributed by atoms with Crippen molar-refractivity contribution in [3.05, 3.63) is 0 Å². The first-order chi connectivity index (χ1) is 7.61. The van der Waals surface area contributed by atoms with Crippen molar-refractivity contribution in [2.45, 2.75) is 6.29 Å². The summed E-state index contributed by atoms with van der Waals surface area (Å²) < 4.78 is 13.7. The number of esters is 1. The molecule has 0 aromatic carbocycles. The molecule has 0 heterocycles. The minimum absolute atomic E-state index is 0.0566. The molecule has 0 aliphatic carbocycles. The number of rotatable bonds is 9. The van der Waals surface area contributed by atoms with Gasteiger partial charge in [0.05, 0.1) is 26.4 Å². The molecule has 0 amide bonds. The summed E-state index contributed by atoms with van der Waals surface area (Å²) >= 11 is 0. The van der Waals surface area contributed by atoms with Crippen LogP contribution < -0.4 is 0 Å². The third-order valence-corrected chi connectivity index (χ3v) is 1.30. The fourth-order valence-corrected chi connectivity index (χ4v) is 0.693. The first-order valence-electron chi connectivity index (χ1n) is 4.45. The number of hydrogen-bond donors (Lipinski definition) is 3. The van der Waals surface area contributed by atoms with Crippen LogP contribution in [-0.4, -0.2) is 66.6 Å². The number of carbonyl (C=O) groups excluding carboxylic acids is 1. The Balaban J connectivity index is 3.77. The minimum atomic E-state index is -1.77. The molecule has 94 valence electrons. The highest BCUT2D eigenvalue weighted by Crippen LogP contribution is 1.96. The highest BCUT2D eigenvalue weighted by molar-refractivity contribution is 5.77. The molecule has 0 aromatic heterocycles. The van der Waals surface area contributed by atoms with Crippen molar-refractivity contribution >= 4 is 11.9 Å². The smallest absolute Gasteiger partial charge is 0.374 e. The van der Waals surface area contributed by atoms with Gasteiger partial charge in [0.25, 0.3) is 0 Å². The van der Waals surface area contributed by atoms with Gasteiger partial charge in [0, 0.05) is 0 Å². The zero-order chi connectivity index (χ0) is 12.4. The van der Waals surface area contributed by atoms with E-state index in [9.17, 15) is 9.59 Å². The van der Waals surface area contributed by atoms with Crippen molar-refractivity contribution in [1.82, 2.24) is 0 Å². The largest absolute Gasteiger partial charge is 0.477 e. The number of ether oxygens (including phenoxy) is 3. The summed E-state index contributed by atoms with van der Waals surface area (Å²) in [5.41, 5.74) is 0. The average Bonchev–Trinajstić information content (AvgIpc) is 2.26. The fourth-order valence-electron chi connectivity index (χ4n) is 0.693. The van der Waals surface area contributed by atoms with Gasteiger partial charge in [-0.15, -0.1) is 0 Å². The van der Waals surface area contributed by atoms with Crippen LogP contribution in [0.15, 0.2) is 0 Å². The summed E-state index contributed by atoms with van der Waals surface area (Å²) in [5.74, 6) is -2.58. The van der Waals surface area contributed by atoms with Gasteiger partial charge in [-0.2, -0.15) is 0 Å². The monoisotopic (exact) mass is 238 g/mol. The minimum Gasteiger partial charge on any atom is -0.477 e. The Morgan fingerprint density at radius 1 is 1.12 bits per heavy atom. The molecule has 0 saturated carbocycles. The number of carbonyl (C=O) groups is 2. The second-order valence-electron chi connectivity index (χ2n) is 2.52. The normalized spacial score (nSPS) is 12.1. The maximum atomic E-state index is 10.6. The van der Waals surface area contributed by atoms with Crippen LogP contribution >= 0.6 is 0 Å². The second-order valence-corrected chi connectivity index (χ2v) is 2.52. The topological polar surface area (TPSA) is 123 Å². The summed E-state index contributed by atoms with van der Waals surface area (Å²) in [4.78, 5) is 21.1. The van der Waals surface area contributed by atoms with Crippen molar-refractivity contribution in [1.29, 1.82) is 0 Å². The fraction of sp³-hybridized carbons (Fsp3) is 0.750. The number of carboxylic acid groups (broad SMARTS) is 1. The molecule has 8 heteroatoms. The molecule has 8 nitrogen and oxygen atoms in total. The first kappa shape index (κ1) is 14.8. The van der Waals surface area contributed by atoms with Crippen LogP contribution in [0.2, 0.25) is 0 Å². The van der Waals surface area contributed by atoms with Crippen LogP contribution in [0.1, 0.15) is 0 Å². The lowest BCUT2D eigenvalue weighted by Gasteiger charge is -2.13. The predicted molar refractivity (Wildman–Crippen MR) is 48.5 cm³/mol. The number of aliphatic hydroxyl groups excluding tert-OH is 2. The standard InChI is InChI=1S/C8H14O8/c9-1-2-14-3-4-15-8(7(12)13)16-6(11)5-10/h8-10H,1-5H2,(H,12,13). The van der Waals surface area contributed by atoms with E-state index in [0.717, 1.165) is 0 Å². The zero-order valence-electron chi connectivity index (χ0n) is 8.50. The van der Waals surface area contributed by atoms with Crippen LogP contribution in [0.25, 0.3) is 0 Å². The molecule has 1 unspecified atom stereocenters. The lowest BCUT2D eigenvalue weighted by atomic mass is 10.6. The average molecular weight is 238 g/mol. The molecule has 0 radical (unpaired) electrons. The van der Waals surface area contributed by atoms with Gasteiger partial charge in [-0.3, -0.25) is 0 Å². The Labute approximate surface area is 91.3 Å². The third kappa shape index (κ3) is 7.12. The van der Waals surface area contributed by atoms with Crippen LogP contribution in [0.5, 0.6) is 0 Å². The van der Waals surface area contributed by atoms with E-state index in [2.05, 4.69) is 9.47 Å². The quantitative estimate of drug-likeness (QED) is 0.238. The molecule has 0 aliphatic heterocycles. The lowest BCUT2D eigenvalue weighted by Crippen LogP contribution is -2.32. The molecule has 0 saturated heterocycles. The molecule has 0 fully saturated rings. The van der Waals surface area contributed by atoms with Gasteiger partial charge in [-0.1, -0.05) is 0 Å². The van der Waals surface area contributed by atoms with E-state index in [1.54, 1.807) is 0 Å². The SMILES string of the molecule is O=C(CO)OC(OCCOCCO)C(=O)O. The van der Waals surface area contributed by atoms with Crippen molar-refractivity contribution in [3.63, 3.8) is 0 Å². The molecule has 0 rings (SSSR count). The number of carboxylic acids is 1. The van der Waals surface area contributed by atoms with Crippen LogP contribution in [0, 0.1) is 0 Å². The maximum Gasteiger partial charge on any atom is 0.374 e. The lowest BCUT2D eigenvalue weighted by molar-refractivity contribution is -0.200. The van der Waals surface area contributed by atoms with Gasteiger partial charge in [0.15, 0.2) is 0 Å². The third-order valence-electron chi connectivity index (χ3n) is 1.30. The summed E-state index contributed by atoms with van der Waals surface area (Å²) in [5, 5.41) is 25.2. The summed E-state index contributed by atoms with van der Waals surface area (Å²) in [7, 11) is 0. The van der Waals surface area contributed by atoms with Crippen LogP contribution in [-0.2, 0) is 23.8 Å². The molecule has 0 bridgehead atoms. The number of aliphatic hydroxyl groups is 2. The van der Waals surface area contributed by atoms with Gasteiger partial charge < -0.3 is 29.5 Å². The van der Waals surface area contributed by atoms with Gasteiger partial charge in [0.1, 0.15) is 6.61 Å². The van der Waals surface area contributed by atoms with Crippen LogP contribution in [0.3, 0.4) is 0 Å². The molecular weight excluding hydrogens is 224 g/mol. The predicted octanol–water partition coefficient (Wildman–Crippen LogP) is -2.04. The Morgan fingerprint density at radius 2 is 1.81 bits per heavy atom. The van der Waals surface area contributed by atoms with E-state index in [0.29, 0.717) is 0 Å². The van der Waals surface area contributed by atoms with Gasteiger partial charge >= 0.3 is 18.2 Å². The van der Waals surface area contributed by atoms with Gasteiger partial charge in [-0.05, 0) is 0 Å². The zero-order valence-corrected chi connectivity index (χ0v) is 8.50. The number of hydrogen-bond acceptors (Lipinski definition) is 7. The van der Waals surface area contributed by atoms with E-state index in [1.807, 2.05) is 0 Å². The van der Waals surface area contributed by atoms with Gasteiger partial charge in [-0.25, -0.2) is 9.59 Å². The van der Waals surface area contributed by atoms with E-state index in [1.165, 1.54) is 0 Å². The molecule has 1 atom stereocenters. The first-order valence-corrected chi connectivity index (χ1v) is 4.45.